The number of hydrogen-bond donors (Lipinski definition) is 2. The minimum absolute atomic E-state index is 0.000216. The highest BCUT2D eigenvalue weighted by Gasteiger charge is 2.16. The van der Waals surface area contributed by atoms with Crippen molar-refractivity contribution in [2.45, 2.75) is 6.42 Å². The first-order valence-electron chi connectivity index (χ1n) is 4.48. The van der Waals surface area contributed by atoms with Gasteiger partial charge in [0.05, 0.1) is 14.2 Å². The van der Waals surface area contributed by atoms with E-state index in [9.17, 15) is 5.11 Å². The van der Waals surface area contributed by atoms with Crippen molar-refractivity contribution in [3.63, 3.8) is 0 Å². The van der Waals surface area contributed by atoms with Gasteiger partial charge in [-0.15, -0.1) is 0 Å². The zero-order valence-corrected chi connectivity index (χ0v) is 9.47. The number of aromatic hydroxyl groups is 1. The Bertz CT molecular complexity index is 355. The molecule has 84 valence electrons. The Balaban J connectivity index is 3.29. The molecule has 5 heteroatoms. The average molecular weight is 232 g/mol. The second-order valence-electron chi connectivity index (χ2n) is 2.97. The molecule has 0 aromatic heterocycles. The smallest absolute Gasteiger partial charge is 0.183 e. The number of ether oxygens (including phenoxy) is 2. The lowest BCUT2D eigenvalue weighted by Gasteiger charge is -2.13. The van der Waals surface area contributed by atoms with Crippen molar-refractivity contribution < 1.29 is 14.6 Å². The Morgan fingerprint density at radius 3 is 2.53 bits per heavy atom. The lowest BCUT2D eigenvalue weighted by atomic mass is 10.1. The molecule has 0 spiro atoms. The third-order valence-electron chi connectivity index (χ3n) is 2.08. The summed E-state index contributed by atoms with van der Waals surface area (Å²) in [5.74, 6) is 0.820. The largest absolute Gasteiger partial charge is 0.506 e. The Morgan fingerprint density at radius 2 is 2.07 bits per heavy atom. The van der Waals surface area contributed by atoms with Crippen LogP contribution in [0.3, 0.4) is 0 Å². The van der Waals surface area contributed by atoms with Gasteiger partial charge >= 0.3 is 0 Å². The number of nitrogens with two attached hydrogens (primary N) is 1. The first kappa shape index (κ1) is 11.9. The van der Waals surface area contributed by atoms with Crippen LogP contribution < -0.4 is 15.2 Å². The first-order chi connectivity index (χ1) is 7.15. The molecule has 0 unspecified atom stereocenters. The minimum atomic E-state index is -0.000216. The molecule has 3 N–H and O–H groups in total. The Kier molecular flexibility index (Phi) is 4.05. The van der Waals surface area contributed by atoms with E-state index in [2.05, 4.69) is 0 Å². The van der Waals surface area contributed by atoms with Gasteiger partial charge in [-0.25, -0.2) is 0 Å². The van der Waals surface area contributed by atoms with E-state index in [0.717, 1.165) is 0 Å². The fraction of sp³-hybridized carbons (Fsp3) is 0.400. The van der Waals surface area contributed by atoms with Crippen LogP contribution in [0.15, 0.2) is 6.07 Å². The van der Waals surface area contributed by atoms with E-state index in [1.54, 1.807) is 6.07 Å². The van der Waals surface area contributed by atoms with Crippen LogP contribution in [-0.2, 0) is 6.42 Å². The zero-order chi connectivity index (χ0) is 11.4. The number of methoxy groups -OCH3 is 2. The van der Waals surface area contributed by atoms with Gasteiger partial charge in [-0.3, -0.25) is 0 Å². The van der Waals surface area contributed by atoms with Crippen LogP contribution in [0.1, 0.15) is 5.56 Å². The molecular formula is C10H14ClNO3. The van der Waals surface area contributed by atoms with Crippen molar-refractivity contribution in [3.8, 4) is 17.2 Å². The maximum atomic E-state index is 9.74. The topological polar surface area (TPSA) is 64.7 Å². The molecule has 0 aliphatic rings. The molecule has 15 heavy (non-hydrogen) atoms. The SMILES string of the molecule is COc1cc(CCN)c(O)c(Cl)c1OC. The van der Waals surface area contributed by atoms with Crippen molar-refractivity contribution in [1.29, 1.82) is 0 Å². The quantitative estimate of drug-likeness (QED) is 0.826. The van der Waals surface area contributed by atoms with E-state index < -0.39 is 0 Å². The number of halogens is 1. The molecule has 0 heterocycles. The molecule has 1 aromatic carbocycles. The summed E-state index contributed by atoms with van der Waals surface area (Å²) in [6.45, 7) is 0.430. The van der Waals surface area contributed by atoms with Crippen LogP contribution >= 0.6 is 11.6 Å². The second kappa shape index (κ2) is 5.09. The molecule has 1 aromatic rings. The van der Waals surface area contributed by atoms with Crippen LogP contribution in [0.5, 0.6) is 17.2 Å². The highest BCUT2D eigenvalue weighted by Crippen LogP contribution is 2.43. The fourth-order valence-electron chi connectivity index (χ4n) is 1.34. The van der Waals surface area contributed by atoms with E-state index in [4.69, 9.17) is 26.8 Å². The normalized spacial score (nSPS) is 10.1. The summed E-state index contributed by atoms with van der Waals surface area (Å²) in [6.07, 6.45) is 0.534. The summed E-state index contributed by atoms with van der Waals surface area (Å²) < 4.78 is 10.1. The zero-order valence-electron chi connectivity index (χ0n) is 8.71. The summed E-state index contributed by atoms with van der Waals surface area (Å²) in [7, 11) is 2.98. The number of rotatable bonds is 4. The van der Waals surface area contributed by atoms with Gasteiger partial charge in [0.25, 0.3) is 0 Å². The predicted molar refractivity (Wildman–Crippen MR) is 59.0 cm³/mol. The van der Waals surface area contributed by atoms with Gasteiger partial charge in [0.2, 0.25) is 0 Å². The highest BCUT2D eigenvalue weighted by molar-refractivity contribution is 6.33. The molecule has 0 amide bonds. The maximum Gasteiger partial charge on any atom is 0.183 e. The van der Waals surface area contributed by atoms with Crippen LogP contribution in [0.25, 0.3) is 0 Å². The summed E-state index contributed by atoms with van der Waals surface area (Å²) in [5.41, 5.74) is 6.07. The maximum absolute atomic E-state index is 9.74. The van der Waals surface area contributed by atoms with Gasteiger partial charge in [-0.2, -0.15) is 0 Å². The second-order valence-corrected chi connectivity index (χ2v) is 3.35. The molecule has 0 saturated carbocycles. The summed E-state index contributed by atoms with van der Waals surface area (Å²) in [5, 5.41) is 9.89. The molecule has 0 saturated heterocycles. The van der Waals surface area contributed by atoms with Crippen LogP contribution in [0.2, 0.25) is 5.02 Å². The van der Waals surface area contributed by atoms with Crippen LogP contribution in [0.4, 0.5) is 0 Å². The Labute approximate surface area is 93.6 Å². The third-order valence-corrected chi connectivity index (χ3v) is 2.43. The van der Waals surface area contributed by atoms with Crippen molar-refractivity contribution in [3.05, 3.63) is 16.7 Å². The fourth-order valence-corrected chi connectivity index (χ4v) is 1.63. The van der Waals surface area contributed by atoms with Crippen LogP contribution in [0, 0.1) is 0 Å². The van der Waals surface area contributed by atoms with E-state index in [-0.39, 0.29) is 10.8 Å². The van der Waals surface area contributed by atoms with E-state index >= 15 is 0 Å². The number of phenolic OH excluding ortho intramolecular Hbond substituents is 1. The van der Waals surface area contributed by atoms with Crippen molar-refractivity contribution in [1.82, 2.24) is 0 Å². The molecule has 4 nitrogen and oxygen atoms in total. The summed E-state index contributed by atoms with van der Waals surface area (Å²) in [6, 6.07) is 1.67. The summed E-state index contributed by atoms with van der Waals surface area (Å²) >= 11 is 5.92. The average Bonchev–Trinajstić information content (AvgIpc) is 2.24. The standard InChI is InChI=1S/C10H14ClNO3/c1-14-7-5-6(3-4-12)9(13)8(11)10(7)15-2/h5,13H,3-4,12H2,1-2H3. The van der Waals surface area contributed by atoms with Gasteiger partial charge in [-0.05, 0) is 19.0 Å². The third kappa shape index (κ3) is 2.27. The van der Waals surface area contributed by atoms with Crippen molar-refractivity contribution in [2.75, 3.05) is 20.8 Å². The van der Waals surface area contributed by atoms with Gasteiger partial charge < -0.3 is 20.3 Å². The van der Waals surface area contributed by atoms with Crippen molar-refractivity contribution in [2.24, 2.45) is 5.73 Å². The molecule has 0 radical (unpaired) electrons. The Hall–Kier alpha value is -1.13. The molecule has 0 bridgehead atoms. The molecule has 0 aliphatic heterocycles. The van der Waals surface area contributed by atoms with E-state index in [1.807, 2.05) is 0 Å². The van der Waals surface area contributed by atoms with Gasteiger partial charge in [0, 0.05) is 5.56 Å². The minimum Gasteiger partial charge on any atom is -0.506 e. The van der Waals surface area contributed by atoms with Gasteiger partial charge in [0.1, 0.15) is 10.8 Å². The highest BCUT2D eigenvalue weighted by atomic mass is 35.5. The molecule has 1 rings (SSSR count). The van der Waals surface area contributed by atoms with Gasteiger partial charge in [0.15, 0.2) is 11.5 Å². The lowest BCUT2D eigenvalue weighted by Crippen LogP contribution is -2.04. The number of benzene rings is 1. The van der Waals surface area contributed by atoms with Crippen LogP contribution in [-0.4, -0.2) is 25.9 Å². The predicted octanol–water partition coefficient (Wildman–Crippen LogP) is 1.56. The number of phenols is 1. The Morgan fingerprint density at radius 1 is 1.40 bits per heavy atom. The molecule has 0 atom stereocenters. The van der Waals surface area contributed by atoms with E-state index in [0.29, 0.717) is 30.0 Å². The lowest BCUT2D eigenvalue weighted by molar-refractivity contribution is 0.350. The molecule has 0 aliphatic carbocycles. The monoisotopic (exact) mass is 231 g/mol. The molecular weight excluding hydrogens is 218 g/mol. The van der Waals surface area contributed by atoms with Gasteiger partial charge in [-0.1, -0.05) is 11.6 Å². The molecule has 0 fully saturated rings. The summed E-state index contributed by atoms with van der Waals surface area (Å²) in [4.78, 5) is 0. The van der Waals surface area contributed by atoms with Crippen molar-refractivity contribution >= 4 is 11.6 Å². The van der Waals surface area contributed by atoms with E-state index in [1.165, 1.54) is 14.2 Å². The number of hydrogen-bond acceptors (Lipinski definition) is 4. The first-order valence-corrected chi connectivity index (χ1v) is 4.85.